The number of alkyl halides is 6. The summed E-state index contributed by atoms with van der Waals surface area (Å²) < 4.78 is 103. The van der Waals surface area contributed by atoms with Gasteiger partial charge in [-0.2, -0.15) is 26.3 Å². The number of pyridine rings is 1. The summed E-state index contributed by atoms with van der Waals surface area (Å²) in [5.74, 6) is -3.64. The van der Waals surface area contributed by atoms with Gasteiger partial charge in [-0.25, -0.2) is 8.78 Å². The molecule has 0 N–H and O–H groups in total. The third kappa shape index (κ3) is 3.35. The first-order chi connectivity index (χ1) is 10.4. The first kappa shape index (κ1) is 17.0. The van der Waals surface area contributed by atoms with Crippen LogP contribution in [0.15, 0.2) is 35.3 Å². The Morgan fingerprint density at radius 2 is 1.26 bits per heavy atom. The van der Waals surface area contributed by atoms with Gasteiger partial charge in [0.2, 0.25) is 0 Å². The number of rotatable bonds is 1. The summed E-state index contributed by atoms with van der Waals surface area (Å²) in [5.41, 5.74) is -5.63. The molecule has 0 amide bonds. The Bertz CT molecular complexity index is 780. The van der Waals surface area contributed by atoms with E-state index in [1.165, 1.54) is 0 Å². The minimum Gasteiger partial charge on any atom is -0.278 e. The maximum Gasteiger partial charge on any atom is 0.417 e. The zero-order valence-corrected chi connectivity index (χ0v) is 10.8. The Labute approximate surface area is 122 Å². The van der Waals surface area contributed by atoms with Crippen LogP contribution in [0.25, 0.3) is 5.69 Å². The first-order valence-electron chi connectivity index (χ1n) is 5.78. The normalized spacial score (nSPS) is 12.5. The van der Waals surface area contributed by atoms with Gasteiger partial charge >= 0.3 is 12.4 Å². The predicted octanol–water partition coefficient (Wildman–Crippen LogP) is 4.15. The second-order valence-corrected chi connectivity index (χ2v) is 4.41. The summed E-state index contributed by atoms with van der Waals surface area (Å²) in [7, 11) is 0. The molecule has 0 aliphatic carbocycles. The van der Waals surface area contributed by atoms with Crippen LogP contribution in [0.5, 0.6) is 0 Å². The summed E-state index contributed by atoms with van der Waals surface area (Å²) in [4.78, 5) is 11.5. The fourth-order valence-electron chi connectivity index (χ4n) is 1.79. The van der Waals surface area contributed by atoms with Crippen molar-refractivity contribution in [2.45, 2.75) is 12.4 Å². The SMILES string of the molecule is O=c1ccc(C(F)(F)F)cn1-c1c(F)cc(C(F)(F)F)cc1F. The van der Waals surface area contributed by atoms with Gasteiger partial charge in [0, 0.05) is 12.3 Å². The van der Waals surface area contributed by atoms with Gasteiger partial charge in [-0.3, -0.25) is 9.36 Å². The Balaban J connectivity index is 2.71. The summed E-state index contributed by atoms with van der Waals surface area (Å²) in [6.07, 6.45) is -9.86. The fourth-order valence-corrected chi connectivity index (χ4v) is 1.79. The maximum atomic E-state index is 13.8. The molecule has 1 aromatic heterocycles. The van der Waals surface area contributed by atoms with Crippen molar-refractivity contribution in [1.29, 1.82) is 0 Å². The Morgan fingerprint density at radius 1 is 0.783 bits per heavy atom. The van der Waals surface area contributed by atoms with E-state index in [-0.39, 0.29) is 22.9 Å². The lowest BCUT2D eigenvalue weighted by molar-refractivity contribution is -0.138. The molecule has 0 saturated carbocycles. The average molecular weight is 343 g/mol. The van der Waals surface area contributed by atoms with Crippen LogP contribution in [-0.2, 0) is 12.4 Å². The fraction of sp³-hybridized carbons (Fsp3) is 0.154. The number of nitrogens with zero attached hydrogens (tertiary/aromatic N) is 1. The molecule has 0 atom stereocenters. The van der Waals surface area contributed by atoms with Crippen LogP contribution in [0.4, 0.5) is 35.1 Å². The smallest absolute Gasteiger partial charge is 0.278 e. The highest BCUT2D eigenvalue weighted by molar-refractivity contribution is 5.40. The van der Waals surface area contributed by atoms with Crippen molar-refractivity contribution in [3.63, 3.8) is 0 Å². The largest absolute Gasteiger partial charge is 0.417 e. The van der Waals surface area contributed by atoms with Gasteiger partial charge in [0.05, 0.1) is 11.1 Å². The third-order valence-corrected chi connectivity index (χ3v) is 2.82. The van der Waals surface area contributed by atoms with E-state index in [4.69, 9.17) is 0 Å². The van der Waals surface area contributed by atoms with Gasteiger partial charge in [0.1, 0.15) is 5.69 Å². The standard InChI is InChI=1S/C13H5F8NO/c14-8-3-7(13(19,20)21)4-9(15)11(8)22-5-6(12(16,17)18)1-2-10(22)23/h1-5H. The predicted molar refractivity (Wildman–Crippen MR) is 62.0 cm³/mol. The summed E-state index contributed by atoms with van der Waals surface area (Å²) in [6.45, 7) is 0. The van der Waals surface area contributed by atoms with Crippen molar-refractivity contribution in [3.05, 3.63) is 63.6 Å². The zero-order valence-electron chi connectivity index (χ0n) is 10.8. The van der Waals surface area contributed by atoms with Crippen molar-refractivity contribution < 1.29 is 35.1 Å². The molecule has 2 aromatic rings. The van der Waals surface area contributed by atoms with Crippen molar-refractivity contribution in [2.75, 3.05) is 0 Å². The molecule has 0 aliphatic rings. The number of halogens is 8. The van der Waals surface area contributed by atoms with Crippen LogP contribution in [0.3, 0.4) is 0 Å². The topological polar surface area (TPSA) is 22.0 Å². The maximum absolute atomic E-state index is 13.8. The van der Waals surface area contributed by atoms with Crippen molar-refractivity contribution >= 4 is 0 Å². The molecule has 0 aliphatic heterocycles. The van der Waals surface area contributed by atoms with Crippen molar-refractivity contribution in [3.8, 4) is 5.69 Å². The lowest BCUT2D eigenvalue weighted by Gasteiger charge is -2.14. The zero-order chi connectivity index (χ0) is 17.6. The molecule has 1 heterocycles. The van der Waals surface area contributed by atoms with Gasteiger partial charge in [-0.05, 0) is 18.2 Å². The van der Waals surface area contributed by atoms with E-state index >= 15 is 0 Å². The van der Waals surface area contributed by atoms with Crippen LogP contribution < -0.4 is 5.56 Å². The number of hydrogen-bond donors (Lipinski definition) is 0. The Kier molecular flexibility index (Phi) is 3.95. The van der Waals surface area contributed by atoms with Crippen LogP contribution >= 0.6 is 0 Å². The van der Waals surface area contributed by atoms with E-state index in [0.29, 0.717) is 12.1 Å². The quantitative estimate of drug-likeness (QED) is 0.713. The molecule has 0 unspecified atom stereocenters. The highest BCUT2D eigenvalue weighted by Crippen LogP contribution is 2.33. The molecular formula is C13H5F8NO. The molecule has 124 valence electrons. The van der Waals surface area contributed by atoms with Gasteiger partial charge < -0.3 is 0 Å². The van der Waals surface area contributed by atoms with E-state index in [1.807, 2.05) is 0 Å². The lowest BCUT2D eigenvalue weighted by atomic mass is 10.1. The van der Waals surface area contributed by atoms with Gasteiger partial charge in [0.15, 0.2) is 11.6 Å². The molecule has 10 heteroatoms. The molecule has 0 spiro atoms. The van der Waals surface area contributed by atoms with Gasteiger partial charge in [-0.15, -0.1) is 0 Å². The summed E-state index contributed by atoms with van der Waals surface area (Å²) in [5, 5.41) is 0. The summed E-state index contributed by atoms with van der Waals surface area (Å²) >= 11 is 0. The first-order valence-corrected chi connectivity index (χ1v) is 5.78. The van der Waals surface area contributed by atoms with Crippen LogP contribution in [0.2, 0.25) is 0 Å². The second-order valence-electron chi connectivity index (χ2n) is 4.41. The monoisotopic (exact) mass is 343 g/mol. The van der Waals surface area contributed by atoms with Gasteiger partial charge in [-0.1, -0.05) is 0 Å². The molecule has 0 saturated heterocycles. The Hall–Kier alpha value is -2.39. The molecule has 0 radical (unpaired) electrons. The molecular weight excluding hydrogens is 338 g/mol. The van der Waals surface area contributed by atoms with Crippen molar-refractivity contribution in [1.82, 2.24) is 4.57 Å². The van der Waals surface area contributed by atoms with Crippen LogP contribution in [0, 0.1) is 11.6 Å². The van der Waals surface area contributed by atoms with Gasteiger partial charge in [0.25, 0.3) is 5.56 Å². The van der Waals surface area contributed by atoms with Crippen LogP contribution in [-0.4, -0.2) is 4.57 Å². The highest BCUT2D eigenvalue weighted by Gasteiger charge is 2.34. The molecule has 2 rings (SSSR count). The molecule has 2 nitrogen and oxygen atoms in total. The van der Waals surface area contributed by atoms with E-state index in [9.17, 15) is 39.9 Å². The summed E-state index contributed by atoms with van der Waals surface area (Å²) in [6, 6.07) is 0.578. The Morgan fingerprint density at radius 3 is 1.70 bits per heavy atom. The second kappa shape index (κ2) is 5.36. The molecule has 23 heavy (non-hydrogen) atoms. The molecule has 0 bridgehead atoms. The number of benzene rings is 1. The number of aromatic nitrogens is 1. The van der Waals surface area contributed by atoms with Crippen LogP contribution in [0.1, 0.15) is 11.1 Å². The third-order valence-electron chi connectivity index (χ3n) is 2.82. The van der Waals surface area contributed by atoms with E-state index < -0.39 is 46.4 Å². The van der Waals surface area contributed by atoms with E-state index in [2.05, 4.69) is 0 Å². The van der Waals surface area contributed by atoms with Crippen molar-refractivity contribution in [2.24, 2.45) is 0 Å². The minimum absolute atomic E-state index is 0.0341. The molecule has 0 fully saturated rings. The highest BCUT2D eigenvalue weighted by atomic mass is 19.4. The lowest BCUT2D eigenvalue weighted by Crippen LogP contribution is -2.22. The average Bonchev–Trinajstić information content (AvgIpc) is 2.37. The van der Waals surface area contributed by atoms with E-state index in [1.54, 1.807) is 0 Å². The molecule has 1 aromatic carbocycles. The number of hydrogen-bond acceptors (Lipinski definition) is 1. The van der Waals surface area contributed by atoms with E-state index in [0.717, 1.165) is 0 Å². The minimum atomic E-state index is -5.06.